The van der Waals surface area contributed by atoms with Gasteiger partial charge in [-0.25, -0.2) is 0 Å². The van der Waals surface area contributed by atoms with Crippen LogP contribution in [-0.4, -0.2) is 47.7 Å². The molecule has 0 bridgehead atoms. The molecular formula is C14H13Cl2F3N2O3. The van der Waals surface area contributed by atoms with Crippen LogP contribution in [0.3, 0.4) is 0 Å². The lowest BCUT2D eigenvalue weighted by atomic mass is 9.96. The Bertz CT molecular complexity index is 655. The number of carbonyl (C=O) groups is 2. The predicted octanol–water partition coefficient (Wildman–Crippen LogP) is 3.13. The Hall–Kier alpha value is -1.51. The molecule has 24 heavy (non-hydrogen) atoms. The van der Waals surface area contributed by atoms with E-state index in [1.165, 1.54) is 12.1 Å². The third-order valence-corrected chi connectivity index (χ3v) is 4.54. The number of rotatable bonds is 4. The number of amides is 1. The highest BCUT2D eigenvalue weighted by molar-refractivity contribution is 6.43. The summed E-state index contributed by atoms with van der Waals surface area (Å²) in [6, 6.07) is 4.57. The van der Waals surface area contributed by atoms with Gasteiger partial charge in [0.2, 0.25) is 5.91 Å². The Morgan fingerprint density at radius 1 is 1.29 bits per heavy atom. The van der Waals surface area contributed by atoms with Crippen molar-refractivity contribution in [2.24, 2.45) is 11.8 Å². The number of carbonyl (C=O) groups excluding carboxylic acids is 1. The number of benzene rings is 1. The van der Waals surface area contributed by atoms with Gasteiger partial charge in [0.25, 0.3) is 0 Å². The molecule has 1 aliphatic heterocycles. The number of alkyl halides is 3. The molecule has 0 aliphatic carbocycles. The average molecular weight is 385 g/mol. The normalized spacial score (nSPS) is 21.7. The quantitative estimate of drug-likeness (QED) is 0.836. The topological polar surface area (TPSA) is 69.6 Å². The molecule has 1 fully saturated rings. The van der Waals surface area contributed by atoms with Crippen molar-refractivity contribution in [2.75, 3.05) is 25.0 Å². The van der Waals surface area contributed by atoms with Crippen molar-refractivity contribution in [3.63, 3.8) is 0 Å². The molecule has 1 aromatic rings. The Morgan fingerprint density at radius 2 is 1.96 bits per heavy atom. The minimum atomic E-state index is -4.63. The first kappa shape index (κ1) is 18.8. The second-order valence-electron chi connectivity index (χ2n) is 5.44. The Kier molecular flexibility index (Phi) is 5.62. The summed E-state index contributed by atoms with van der Waals surface area (Å²) in [5.41, 5.74) is 0.232. The number of aliphatic carboxylic acids is 1. The van der Waals surface area contributed by atoms with Gasteiger partial charge in [-0.05, 0) is 12.1 Å². The molecular weight excluding hydrogens is 372 g/mol. The van der Waals surface area contributed by atoms with Gasteiger partial charge < -0.3 is 10.4 Å². The van der Waals surface area contributed by atoms with E-state index < -0.39 is 36.4 Å². The van der Waals surface area contributed by atoms with Crippen molar-refractivity contribution in [3.05, 3.63) is 28.2 Å². The second-order valence-corrected chi connectivity index (χ2v) is 6.22. The molecule has 1 saturated heterocycles. The molecule has 2 rings (SSSR count). The Labute approximate surface area is 145 Å². The van der Waals surface area contributed by atoms with Crippen LogP contribution in [0.1, 0.15) is 0 Å². The number of nitrogens with zero attached hydrogens (tertiary/aromatic N) is 1. The number of carboxylic acid groups (broad SMARTS) is 1. The number of likely N-dealkylation sites (tertiary alicyclic amines) is 1. The maximum Gasteiger partial charge on any atom is 0.393 e. The first-order valence-corrected chi connectivity index (χ1v) is 7.61. The van der Waals surface area contributed by atoms with Crippen molar-refractivity contribution >= 4 is 40.8 Å². The number of nitrogens with one attached hydrogen (secondary N) is 1. The van der Waals surface area contributed by atoms with Crippen LogP contribution in [0.5, 0.6) is 0 Å². The number of carboxylic acids is 1. The van der Waals surface area contributed by atoms with E-state index in [0.717, 1.165) is 4.90 Å². The van der Waals surface area contributed by atoms with Gasteiger partial charge in [0.05, 0.1) is 34.1 Å². The number of hydrogen-bond acceptors (Lipinski definition) is 3. The van der Waals surface area contributed by atoms with Gasteiger partial charge in [0, 0.05) is 13.1 Å². The Morgan fingerprint density at radius 3 is 2.50 bits per heavy atom. The van der Waals surface area contributed by atoms with E-state index in [1.54, 1.807) is 6.07 Å². The number of halogens is 5. The first-order chi connectivity index (χ1) is 11.1. The number of anilines is 1. The fourth-order valence-corrected chi connectivity index (χ4v) is 2.94. The minimum absolute atomic E-state index is 0.116. The van der Waals surface area contributed by atoms with Crippen molar-refractivity contribution in [2.45, 2.75) is 6.18 Å². The smallest absolute Gasteiger partial charge is 0.393 e. The molecule has 1 amide bonds. The summed E-state index contributed by atoms with van der Waals surface area (Å²) in [5.74, 6) is -5.73. The van der Waals surface area contributed by atoms with E-state index in [2.05, 4.69) is 5.32 Å². The van der Waals surface area contributed by atoms with Crippen LogP contribution < -0.4 is 5.32 Å². The fraction of sp³-hybridized carbons (Fsp3) is 0.429. The summed E-state index contributed by atoms with van der Waals surface area (Å²) in [5, 5.41) is 11.7. The summed E-state index contributed by atoms with van der Waals surface area (Å²) < 4.78 is 38.7. The van der Waals surface area contributed by atoms with Crippen molar-refractivity contribution in [1.29, 1.82) is 0 Å². The van der Waals surface area contributed by atoms with E-state index in [-0.39, 0.29) is 28.8 Å². The lowest BCUT2D eigenvalue weighted by Gasteiger charge is -2.18. The third kappa shape index (κ3) is 4.31. The number of hydrogen-bond donors (Lipinski definition) is 2. The molecule has 2 atom stereocenters. The molecule has 5 nitrogen and oxygen atoms in total. The molecule has 1 aliphatic rings. The highest BCUT2D eigenvalue weighted by atomic mass is 35.5. The van der Waals surface area contributed by atoms with Crippen molar-refractivity contribution in [3.8, 4) is 0 Å². The molecule has 132 valence electrons. The molecule has 1 heterocycles. The van der Waals surface area contributed by atoms with E-state index in [1.807, 2.05) is 0 Å². The Balaban J connectivity index is 2.02. The summed E-state index contributed by atoms with van der Waals surface area (Å²) in [6.07, 6.45) is -4.63. The average Bonchev–Trinajstić information content (AvgIpc) is 2.88. The van der Waals surface area contributed by atoms with Crippen molar-refractivity contribution < 1.29 is 27.9 Å². The van der Waals surface area contributed by atoms with Crippen LogP contribution in [0.4, 0.5) is 18.9 Å². The van der Waals surface area contributed by atoms with Gasteiger partial charge in [0.1, 0.15) is 0 Å². The zero-order valence-corrected chi connectivity index (χ0v) is 13.6. The van der Waals surface area contributed by atoms with E-state index in [4.69, 9.17) is 28.3 Å². The van der Waals surface area contributed by atoms with Gasteiger partial charge in [0.15, 0.2) is 0 Å². The molecule has 0 radical (unpaired) electrons. The lowest BCUT2D eigenvalue weighted by molar-refractivity contribution is -0.188. The summed E-state index contributed by atoms with van der Waals surface area (Å²) in [4.78, 5) is 24.1. The minimum Gasteiger partial charge on any atom is -0.481 e. The fourth-order valence-electron chi connectivity index (χ4n) is 2.59. The molecule has 0 unspecified atom stereocenters. The second kappa shape index (κ2) is 7.16. The molecule has 2 N–H and O–H groups in total. The maximum absolute atomic E-state index is 12.9. The molecule has 1 aromatic carbocycles. The van der Waals surface area contributed by atoms with Gasteiger partial charge >= 0.3 is 12.1 Å². The SMILES string of the molecule is O=C(CN1C[C@@H](C(F)(F)F)[C@H](C(=O)O)C1)Nc1cccc(Cl)c1Cl. The predicted molar refractivity (Wildman–Crippen MR) is 82.2 cm³/mol. The van der Waals surface area contributed by atoms with Gasteiger partial charge in [-0.2, -0.15) is 13.2 Å². The molecule has 0 saturated carbocycles. The van der Waals surface area contributed by atoms with E-state index in [0.29, 0.717) is 0 Å². The zero-order chi connectivity index (χ0) is 18.1. The lowest BCUT2D eigenvalue weighted by Crippen LogP contribution is -2.34. The molecule has 0 aromatic heterocycles. The van der Waals surface area contributed by atoms with Crippen LogP contribution in [0, 0.1) is 11.8 Å². The van der Waals surface area contributed by atoms with Crippen LogP contribution in [0.2, 0.25) is 10.0 Å². The zero-order valence-electron chi connectivity index (χ0n) is 12.1. The molecule has 10 heteroatoms. The summed E-state index contributed by atoms with van der Waals surface area (Å²) in [7, 11) is 0. The highest BCUT2D eigenvalue weighted by Gasteiger charge is 2.52. The van der Waals surface area contributed by atoms with E-state index >= 15 is 0 Å². The van der Waals surface area contributed by atoms with Crippen LogP contribution in [0.25, 0.3) is 0 Å². The summed E-state index contributed by atoms with van der Waals surface area (Å²) in [6.45, 7) is -1.27. The van der Waals surface area contributed by atoms with Crippen LogP contribution in [-0.2, 0) is 9.59 Å². The van der Waals surface area contributed by atoms with Gasteiger partial charge in [-0.15, -0.1) is 0 Å². The van der Waals surface area contributed by atoms with E-state index in [9.17, 15) is 22.8 Å². The maximum atomic E-state index is 12.9. The molecule has 0 spiro atoms. The van der Waals surface area contributed by atoms with Gasteiger partial charge in [-0.1, -0.05) is 29.3 Å². The van der Waals surface area contributed by atoms with Crippen LogP contribution in [0.15, 0.2) is 18.2 Å². The first-order valence-electron chi connectivity index (χ1n) is 6.85. The van der Waals surface area contributed by atoms with Crippen molar-refractivity contribution in [1.82, 2.24) is 4.90 Å². The van der Waals surface area contributed by atoms with Crippen LogP contribution >= 0.6 is 23.2 Å². The largest absolute Gasteiger partial charge is 0.481 e. The van der Waals surface area contributed by atoms with Gasteiger partial charge in [-0.3, -0.25) is 14.5 Å². The third-order valence-electron chi connectivity index (χ3n) is 3.73. The summed E-state index contributed by atoms with van der Waals surface area (Å²) >= 11 is 11.7. The monoisotopic (exact) mass is 384 g/mol. The standard InChI is InChI=1S/C14H13Cl2F3N2O3/c15-9-2-1-3-10(12(9)16)20-11(22)6-21-4-7(13(23)24)8(5-21)14(17,18)19/h1-3,7-8H,4-6H2,(H,20,22)(H,23,24)/t7-,8-/m1/s1. The highest BCUT2D eigenvalue weighted by Crippen LogP contribution is 2.37.